The van der Waals surface area contributed by atoms with Crippen LogP contribution in [0, 0.1) is 12.8 Å². The maximum Gasteiger partial charge on any atom is 0.223 e. The summed E-state index contributed by atoms with van der Waals surface area (Å²) in [6.45, 7) is 4.79. The van der Waals surface area contributed by atoms with Crippen LogP contribution >= 0.6 is 0 Å². The molecule has 0 aliphatic carbocycles. The van der Waals surface area contributed by atoms with Gasteiger partial charge in [-0.3, -0.25) is 9.59 Å². The Labute approximate surface area is 213 Å². The third kappa shape index (κ3) is 6.78. The zero-order valence-electron chi connectivity index (χ0n) is 21.2. The number of furan rings is 2. The second kappa shape index (κ2) is 12.4. The van der Waals surface area contributed by atoms with Gasteiger partial charge in [-0.25, -0.2) is 0 Å². The van der Waals surface area contributed by atoms with Crippen LogP contribution in [0.3, 0.4) is 0 Å². The second-order valence-corrected chi connectivity index (χ2v) is 9.51. The number of amides is 1. The van der Waals surface area contributed by atoms with Crippen molar-refractivity contribution in [3.63, 3.8) is 0 Å². The molecule has 1 aliphatic heterocycles. The number of anilines is 1. The third-order valence-corrected chi connectivity index (χ3v) is 6.96. The molecule has 2 atom stereocenters. The SMILES string of the molecule is CCC1CCC(C(=O)NCc2ccco2)CCc2ccccc2N1CC(=O)/C=C\Cc1ccc(C)o1. The van der Waals surface area contributed by atoms with Crippen molar-refractivity contribution in [1.82, 2.24) is 5.32 Å². The lowest BCUT2D eigenvalue weighted by Crippen LogP contribution is -2.39. The van der Waals surface area contributed by atoms with Crippen LogP contribution in [0.25, 0.3) is 0 Å². The largest absolute Gasteiger partial charge is 0.467 e. The highest BCUT2D eigenvalue weighted by molar-refractivity contribution is 5.93. The highest BCUT2D eigenvalue weighted by Crippen LogP contribution is 2.31. The van der Waals surface area contributed by atoms with Crippen molar-refractivity contribution in [2.75, 3.05) is 11.4 Å². The van der Waals surface area contributed by atoms with Gasteiger partial charge in [-0.15, -0.1) is 0 Å². The van der Waals surface area contributed by atoms with Gasteiger partial charge in [-0.2, -0.15) is 0 Å². The van der Waals surface area contributed by atoms with Crippen LogP contribution in [0.1, 0.15) is 55.5 Å². The summed E-state index contributed by atoms with van der Waals surface area (Å²) in [6, 6.07) is 16.0. The summed E-state index contributed by atoms with van der Waals surface area (Å²) in [5, 5.41) is 3.04. The van der Waals surface area contributed by atoms with Crippen molar-refractivity contribution < 1.29 is 18.4 Å². The van der Waals surface area contributed by atoms with Crippen molar-refractivity contribution in [3.8, 4) is 0 Å². The third-order valence-electron chi connectivity index (χ3n) is 6.96. The Balaban J connectivity index is 1.45. The van der Waals surface area contributed by atoms with Crippen molar-refractivity contribution in [2.45, 2.75) is 65.0 Å². The van der Waals surface area contributed by atoms with Gasteiger partial charge in [-0.1, -0.05) is 31.2 Å². The predicted molar refractivity (Wildman–Crippen MR) is 141 cm³/mol. The number of nitrogens with one attached hydrogen (secondary N) is 1. The molecule has 1 aromatic carbocycles. The average Bonchev–Trinajstić information content (AvgIpc) is 3.56. The minimum absolute atomic E-state index is 0.0681. The number of aryl methyl sites for hydroxylation is 2. The molecule has 2 unspecified atom stereocenters. The molecule has 3 aromatic rings. The van der Waals surface area contributed by atoms with Crippen LogP contribution in [0.4, 0.5) is 5.69 Å². The number of benzene rings is 1. The number of carbonyl (C=O) groups is 2. The van der Waals surface area contributed by atoms with E-state index in [9.17, 15) is 9.59 Å². The lowest BCUT2D eigenvalue weighted by molar-refractivity contribution is -0.125. The van der Waals surface area contributed by atoms with E-state index in [1.54, 1.807) is 12.3 Å². The van der Waals surface area contributed by atoms with Crippen LogP contribution in [-0.4, -0.2) is 24.3 Å². The fraction of sp³-hybridized carbons (Fsp3) is 0.400. The topological polar surface area (TPSA) is 75.7 Å². The lowest BCUT2D eigenvalue weighted by atomic mass is 9.93. The van der Waals surface area contributed by atoms with Crippen molar-refractivity contribution >= 4 is 17.4 Å². The Morgan fingerprint density at radius 1 is 1.06 bits per heavy atom. The summed E-state index contributed by atoms with van der Waals surface area (Å²) in [4.78, 5) is 28.3. The smallest absolute Gasteiger partial charge is 0.223 e. The summed E-state index contributed by atoms with van der Waals surface area (Å²) in [7, 11) is 0. The molecule has 0 saturated heterocycles. The monoisotopic (exact) mass is 488 g/mol. The summed E-state index contributed by atoms with van der Waals surface area (Å²) >= 11 is 0. The molecule has 36 heavy (non-hydrogen) atoms. The summed E-state index contributed by atoms with van der Waals surface area (Å²) in [6.07, 6.45) is 9.88. The molecule has 190 valence electrons. The number of para-hydroxylation sites is 1. The number of allylic oxidation sites excluding steroid dienone is 1. The van der Waals surface area contributed by atoms with Gasteiger partial charge in [0.05, 0.1) is 19.4 Å². The first-order chi connectivity index (χ1) is 17.5. The molecule has 0 fully saturated rings. The summed E-state index contributed by atoms with van der Waals surface area (Å²) in [5.41, 5.74) is 2.29. The number of hydrogen-bond acceptors (Lipinski definition) is 5. The van der Waals surface area contributed by atoms with E-state index >= 15 is 0 Å². The maximum absolute atomic E-state index is 13.0. The molecule has 2 aromatic heterocycles. The van der Waals surface area contributed by atoms with E-state index in [4.69, 9.17) is 8.83 Å². The molecule has 1 N–H and O–H groups in total. The Hall–Kier alpha value is -3.54. The minimum atomic E-state index is -0.0747. The van der Waals surface area contributed by atoms with E-state index < -0.39 is 0 Å². The molecule has 4 rings (SSSR count). The molecule has 0 spiro atoms. The lowest BCUT2D eigenvalue weighted by Gasteiger charge is -2.33. The average molecular weight is 489 g/mol. The van der Waals surface area contributed by atoms with Crippen molar-refractivity contribution in [2.24, 2.45) is 5.92 Å². The van der Waals surface area contributed by atoms with Crippen LogP contribution < -0.4 is 10.2 Å². The summed E-state index contributed by atoms with van der Waals surface area (Å²) < 4.78 is 11.0. The molecule has 1 amide bonds. The number of fused-ring (bicyclic) bond motifs is 1. The van der Waals surface area contributed by atoms with Gasteiger partial charge in [0.15, 0.2) is 5.78 Å². The number of carbonyl (C=O) groups excluding carboxylic acids is 2. The number of ketones is 1. The second-order valence-electron chi connectivity index (χ2n) is 9.51. The normalized spacial score (nSPS) is 18.3. The molecule has 0 radical (unpaired) electrons. The standard InChI is InChI=1S/C30H36N2O4/c1-3-25-17-16-24(30(34)31-20-28-11-7-19-35-28)15-14-23-8-4-5-12-29(23)32(25)21-26(33)9-6-10-27-18-13-22(2)36-27/h4-9,11-13,18-19,24-25H,3,10,14-17,20-21H2,1-2H3,(H,31,34)/b9-6-. The first-order valence-corrected chi connectivity index (χ1v) is 12.9. The van der Waals surface area contributed by atoms with Crippen molar-refractivity contribution in [3.05, 3.63) is 89.8 Å². The molecule has 1 aliphatic rings. The van der Waals surface area contributed by atoms with Crippen molar-refractivity contribution in [1.29, 1.82) is 0 Å². The predicted octanol–water partition coefficient (Wildman–Crippen LogP) is 5.79. The Morgan fingerprint density at radius 2 is 1.92 bits per heavy atom. The highest BCUT2D eigenvalue weighted by atomic mass is 16.3. The van der Waals surface area contributed by atoms with E-state index in [2.05, 4.69) is 29.3 Å². The van der Waals surface area contributed by atoms with E-state index in [1.165, 1.54) is 5.56 Å². The van der Waals surface area contributed by atoms with Crippen LogP contribution in [0.15, 0.2) is 75.8 Å². The molecule has 0 saturated carbocycles. The van der Waals surface area contributed by atoms with Crippen LogP contribution in [0.5, 0.6) is 0 Å². The molecular formula is C30H36N2O4. The van der Waals surface area contributed by atoms with E-state index in [-0.39, 0.29) is 23.7 Å². The first kappa shape index (κ1) is 25.5. The zero-order valence-corrected chi connectivity index (χ0v) is 21.2. The van der Waals surface area contributed by atoms with E-state index in [0.29, 0.717) is 19.5 Å². The van der Waals surface area contributed by atoms with Gasteiger partial charge in [-0.05, 0) is 81.0 Å². The molecule has 0 bridgehead atoms. The fourth-order valence-electron chi connectivity index (χ4n) is 4.98. The molecule has 3 heterocycles. The minimum Gasteiger partial charge on any atom is -0.467 e. The van der Waals surface area contributed by atoms with Gasteiger partial charge in [0, 0.05) is 24.1 Å². The highest BCUT2D eigenvalue weighted by Gasteiger charge is 2.27. The quantitative estimate of drug-likeness (QED) is 0.386. The number of hydrogen-bond donors (Lipinski definition) is 1. The zero-order chi connectivity index (χ0) is 25.3. The van der Waals surface area contributed by atoms with Gasteiger partial charge < -0.3 is 19.1 Å². The van der Waals surface area contributed by atoms with E-state index in [1.807, 2.05) is 49.4 Å². The van der Waals surface area contributed by atoms with E-state index in [0.717, 1.165) is 55.1 Å². The Kier molecular flexibility index (Phi) is 8.82. The van der Waals surface area contributed by atoms with Gasteiger partial charge in [0.1, 0.15) is 17.3 Å². The van der Waals surface area contributed by atoms with Gasteiger partial charge in [0.2, 0.25) is 5.91 Å². The van der Waals surface area contributed by atoms with Gasteiger partial charge in [0.25, 0.3) is 0 Å². The maximum atomic E-state index is 13.0. The molecule has 6 heteroatoms. The van der Waals surface area contributed by atoms with Crippen LogP contribution in [-0.2, 0) is 29.0 Å². The Morgan fingerprint density at radius 3 is 2.67 bits per heavy atom. The molecular weight excluding hydrogens is 452 g/mol. The number of nitrogens with zero attached hydrogens (tertiary/aromatic N) is 1. The first-order valence-electron chi connectivity index (χ1n) is 12.9. The van der Waals surface area contributed by atoms with Gasteiger partial charge >= 0.3 is 0 Å². The number of rotatable bonds is 9. The Bertz CT molecular complexity index is 1160. The van der Waals surface area contributed by atoms with Crippen LogP contribution in [0.2, 0.25) is 0 Å². The fourth-order valence-corrected chi connectivity index (χ4v) is 4.98. The summed E-state index contributed by atoms with van der Waals surface area (Å²) in [5.74, 6) is 2.54. The molecule has 6 nitrogen and oxygen atoms in total.